The van der Waals surface area contributed by atoms with E-state index in [2.05, 4.69) is 5.32 Å². The smallest absolute Gasteiger partial charge is 0.221 e. The van der Waals surface area contributed by atoms with E-state index in [0.717, 1.165) is 16.7 Å². The van der Waals surface area contributed by atoms with Gasteiger partial charge in [0.2, 0.25) is 5.91 Å². The van der Waals surface area contributed by atoms with Gasteiger partial charge in [0.25, 0.3) is 0 Å². The lowest BCUT2D eigenvalue weighted by Crippen LogP contribution is -2.31. The predicted octanol–water partition coefficient (Wildman–Crippen LogP) is 2.25. The van der Waals surface area contributed by atoms with Crippen LogP contribution < -0.4 is 11.1 Å². The van der Waals surface area contributed by atoms with Crippen LogP contribution in [0.3, 0.4) is 0 Å². The first-order chi connectivity index (χ1) is 8.65. The number of nitrogens with one attached hydrogen (secondary N) is 1. The fourth-order valence-electron chi connectivity index (χ4n) is 1.85. The lowest BCUT2D eigenvalue weighted by Gasteiger charge is -2.05. The van der Waals surface area contributed by atoms with Crippen molar-refractivity contribution < 1.29 is 9.21 Å². The van der Waals surface area contributed by atoms with Crippen molar-refractivity contribution in [2.75, 3.05) is 6.54 Å². The van der Waals surface area contributed by atoms with Gasteiger partial charge in [0.15, 0.2) is 0 Å². The van der Waals surface area contributed by atoms with Crippen molar-refractivity contribution in [3.8, 4) is 0 Å². The quantitative estimate of drug-likeness (QED) is 0.884. The number of hydrogen-bond donors (Lipinski definition) is 2. The lowest BCUT2D eigenvalue weighted by atomic mass is 10.2. The number of amides is 1. The summed E-state index contributed by atoms with van der Waals surface area (Å²) in [6.07, 6.45) is 1.06. The second-order valence-corrected chi connectivity index (χ2v) is 4.53. The number of halogens is 1. The van der Waals surface area contributed by atoms with E-state index in [-0.39, 0.29) is 24.4 Å². The lowest BCUT2D eigenvalue weighted by molar-refractivity contribution is -0.121. The normalized spacial score (nSPS) is 11.9. The van der Waals surface area contributed by atoms with Gasteiger partial charge in [-0.25, -0.2) is 0 Å². The topological polar surface area (TPSA) is 68.3 Å². The van der Waals surface area contributed by atoms with Gasteiger partial charge in [-0.1, -0.05) is 18.2 Å². The Labute approximate surface area is 118 Å². The Morgan fingerprint density at radius 3 is 2.84 bits per heavy atom. The zero-order valence-corrected chi connectivity index (χ0v) is 11.7. The zero-order valence-electron chi connectivity index (χ0n) is 10.9. The van der Waals surface area contributed by atoms with Crippen molar-refractivity contribution in [1.29, 1.82) is 0 Å². The molecule has 0 aliphatic rings. The van der Waals surface area contributed by atoms with Crippen molar-refractivity contribution in [2.24, 2.45) is 5.73 Å². The fourth-order valence-corrected chi connectivity index (χ4v) is 1.85. The maximum atomic E-state index is 11.4. The van der Waals surface area contributed by atoms with Crippen LogP contribution >= 0.6 is 12.4 Å². The van der Waals surface area contributed by atoms with Crippen LogP contribution in [0.5, 0.6) is 0 Å². The summed E-state index contributed by atoms with van der Waals surface area (Å²) in [6, 6.07) is 9.78. The summed E-state index contributed by atoms with van der Waals surface area (Å²) in [5.74, 6) is 0.874. The van der Waals surface area contributed by atoms with Crippen LogP contribution in [0.25, 0.3) is 11.0 Å². The number of benzene rings is 1. The summed E-state index contributed by atoms with van der Waals surface area (Å²) in [5, 5.41) is 3.92. The molecule has 0 radical (unpaired) electrons. The van der Waals surface area contributed by atoms with Crippen molar-refractivity contribution in [1.82, 2.24) is 5.32 Å². The van der Waals surface area contributed by atoms with Gasteiger partial charge >= 0.3 is 0 Å². The Kier molecular flexibility index (Phi) is 5.86. The molecule has 0 aliphatic heterocycles. The molecule has 0 bridgehead atoms. The third kappa shape index (κ3) is 4.58. The SMILES string of the molecule is CC(N)CC(=O)NCCc1cc2ccccc2o1.Cl. The summed E-state index contributed by atoms with van der Waals surface area (Å²) in [5.41, 5.74) is 6.43. The number of carbonyl (C=O) groups excluding carboxylic acids is 1. The van der Waals surface area contributed by atoms with Gasteiger partial charge in [-0.05, 0) is 19.1 Å². The molecule has 4 nitrogen and oxygen atoms in total. The Balaban J connectivity index is 0.00000180. The monoisotopic (exact) mass is 282 g/mol. The molecule has 19 heavy (non-hydrogen) atoms. The van der Waals surface area contributed by atoms with Crippen molar-refractivity contribution >= 4 is 29.3 Å². The number of fused-ring (bicyclic) bond motifs is 1. The molecule has 0 aliphatic carbocycles. The number of carbonyl (C=O) groups is 1. The molecule has 1 unspecified atom stereocenters. The van der Waals surface area contributed by atoms with Crippen LogP contribution in [0.2, 0.25) is 0 Å². The van der Waals surface area contributed by atoms with Crippen LogP contribution in [0.4, 0.5) is 0 Å². The zero-order chi connectivity index (χ0) is 13.0. The highest BCUT2D eigenvalue weighted by Crippen LogP contribution is 2.18. The molecule has 0 fully saturated rings. The maximum absolute atomic E-state index is 11.4. The highest BCUT2D eigenvalue weighted by atomic mass is 35.5. The summed E-state index contributed by atoms with van der Waals surface area (Å²) < 4.78 is 5.65. The first-order valence-electron chi connectivity index (χ1n) is 6.15. The van der Waals surface area contributed by atoms with E-state index in [1.165, 1.54) is 0 Å². The number of para-hydroxylation sites is 1. The number of hydrogen-bond acceptors (Lipinski definition) is 3. The van der Waals surface area contributed by atoms with Crippen molar-refractivity contribution in [3.05, 3.63) is 36.1 Å². The summed E-state index contributed by atoms with van der Waals surface area (Å²) in [6.45, 7) is 2.39. The van der Waals surface area contributed by atoms with Gasteiger partial charge in [0.1, 0.15) is 11.3 Å². The standard InChI is InChI=1S/C14H18N2O2.ClH/c1-10(15)8-14(17)16-7-6-12-9-11-4-2-3-5-13(11)18-12;/h2-5,9-10H,6-8,15H2,1H3,(H,16,17);1H. The molecule has 2 aromatic rings. The van der Waals surface area contributed by atoms with Gasteiger partial charge in [0, 0.05) is 30.8 Å². The summed E-state index contributed by atoms with van der Waals surface area (Å²) in [7, 11) is 0. The molecule has 1 atom stereocenters. The van der Waals surface area contributed by atoms with E-state index < -0.39 is 0 Å². The molecule has 104 valence electrons. The average molecular weight is 283 g/mol. The van der Waals surface area contributed by atoms with E-state index in [0.29, 0.717) is 19.4 Å². The van der Waals surface area contributed by atoms with E-state index in [1.807, 2.05) is 37.3 Å². The van der Waals surface area contributed by atoms with E-state index >= 15 is 0 Å². The van der Waals surface area contributed by atoms with Crippen molar-refractivity contribution in [2.45, 2.75) is 25.8 Å². The van der Waals surface area contributed by atoms with E-state index in [9.17, 15) is 4.79 Å². The summed E-state index contributed by atoms with van der Waals surface area (Å²) in [4.78, 5) is 11.4. The molecule has 1 heterocycles. The molecule has 0 saturated carbocycles. The predicted molar refractivity (Wildman–Crippen MR) is 78.4 cm³/mol. The van der Waals surface area contributed by atoms with Gasteiger partial charge < -0.3 is 15.5 Å². The van der Waals surface area contributed by atoms with E-state index in [4.69, 9.17) is 10.2 Å². The van der Waals surface area contributed by atoms with E-state index in [1.54, 1.807) is 0 Å². The Hall–Kier alpha value is -1.52. The van der Waals surface area contributed by atoms with Crippen molar-refractivity contribution in [3.63, 3.8) is 0 Å². The molecule has 0 saturated heterocycles. The van der Waals surface area contributed by atoms with Gasteiger partial charge in [-0.3, -0.25) is 4.79 Å². The van der Waals surface area contributed by atoms with Gasteiger partial charge in [-0.15, -0.1) is 12.4 Å². The molecule has 2 rings (SSSR count). The molecular formula is C14H19ClN2O2. The van der Waals surface area contributed by atoms with Gasteiger partial charge in [-0.2, -0.15) is 0 Å². The highest BCUT2D eigenvalue weighted by molar-refractivity contribution is 5.85. The molecular weight excluding hydrogens is 264 g/mol. The first kappa shape index (κ1) is 15.5. The second kappa shape index (κ2) is 7.16. The molecule has 1 aromatic heterocycles. The largest absolute Gasteiger partial charge is 0.461 e. The third-order valence-electron chi connectivity index (χ3n) is 2.68. The number of rotatable bonds is 5. The molecule has 3 N–H and O–H groups in total. The minimum absolute atomic E-state index is 0. The Morgan fingerprint density at radius 1 is 1.42 bits per heavy atom. The third-order valence-corrected chi connectivity index (χ3v) is 2.68. The Bertz CT molecular complexity index is 504. The van der Waals surface area contributed by atoms with Crippen LogP contribution in [-0.4, -0.2) is 18.5 Å². The minimum Gasteiger partial charge on any atom is -0.461 e. The van der Waals surface area contributed by atoms with Gasteiger partial charge in [0.05, 0.1) is 0 Å². The molecule has 1 amide bonds. The Morgan fingerprint density at radius 2 is 2.16 bits per heavy atom. The second-order valence-electron chi connectivity index (χ2n) is 4.53. The number of nitrogens with two attached hydrogens (primary N) is 1. The highest BCUT2D eigenvalue weighted by Gasteiger charge is 2.06. The van der Waals surface area contributed by atoms with Crippen LogP contribution in [0.1, 0.15) is 19.1 Å². The summed E-state index contributed by atoms with van der Waals surface area (Å²) >= 11 is 0. The molecule has 5 heteroatoms. The van der Waals surface area contributed by atoms with Crippen LogP contribution in [-0.2, 0) is 11.2 Å². The fraction of sp³-hybridized carbons (Fsp3) is 0.357. The van der Waals surface area contributed by atoms with Crippen LogP contribution in [0.15, 0.2) is 34.7 Å². The van der Waals surface area contributed by atoms with Crippen LogP contribution in [0, 0.1) is 0 Å². The molecule has 0 spiro atoms. The number of furan rings is 1. The molecule has 1 aromatic carbocycles. The minimum atomic E-state index is -0.101. The first-order valence-corrected chi connectivity index (χ1v) is 6.15. The average Bonchev–Trinajstić information content (AvgIpc) is 2.70. The maximum Gasteiger partial charge on any atom is 0.221 e.